The van der Waals surface area contributed by atoms with E-state index in [0.29, 0.717) is 6.42 Å². The molecule has 5 nitrogen and oxygen atoms in total. The summed E-state index contributed by atoms with van der Waals surface area (Å²) in [4.78, 5) is 13.6. The second kappa shape index (κ2) is 8.42. The van der Waals surface area contributed by atoms with Gasteiger partial charge in [-0.3, -0.25) is 4.79 Å². The molecule has 5 heteroatoms. The van der Waals surface area contributed by atoms with E-state index in [2.05, 4.69) is 22.8 Å². The molecule has 5 rings (SSSR count). The molecule has 2 aliphatic rings. The molecule has 0 saturated heterocycles. The van der Waals surface area contributed by atoms with Crippen LogP contribution in [0, 0.1) is 0 Å². The van der Waals surface area contributed by atoms with Gasteiger partial charge in [-0.1, -0.05) is 36.4 Å². The zero-order valence-electron chi connectivity index (χ0n) is 18.2. The third-order valence-corrected chi connectivity index (χ3v) is 6.35. The van der Waals surface area contributed by atoms with Gasteiger partial charge in [0.1, 0.15) is 11.5 Å². The molecular formula is C27H26N2O3. The summed E-state index contributed by atoms with van der Waals surface area (Å²) < 4.78 is 10.6. The molecule has 162 valence electrons. The van der Waals surface area contributed by atoms with Crippen molar-refractivity contribution in [2.45, 2.75) is 24.8 Å². The smallest absolute Gasteiger partial charge is 0.163 e. The Hall–Kier alpha value is -3.73. The molecule has 3 aromatic carbocycles. The fraction of sp³-hybridized carbons (Fsp3) is 0.222. The lowest BCUT2D eigenvalue weighted by atomic mass is 9.78. The lowest BCUT2D eigenvalue weighted by Gasteiger charge is -2.30. The maximum absolute atomic E-state index is 13.6. The summed E-state index contributed by atoms with van der Waals surface area (Å²) in [6, 6.07) is 23.8. The highest BCUT2D eigenvalue weighted by molar-refractivity contribution is 6.01. The van der Waals surface area contributed by atoms with Gasteiger partial charge in [0, 0.05) is 17.7 Å². The number of carbonyl (C=O) groups excluding carboxylic acids is 1. The van der Waals surface area contributed by atoms with E-state index < -0.39 is 0 Å². The minimum Gasteiger partial charge on any atom is -0.497 e. The van der Waals surface area contributed by atoms with Crippen molar-refractivity contribution in [2.75, 3.05) is 24.9 Å². The second-order valence-corrected chi connectivity index (χ2v) is 8.21. The number of rotatable bonds is 4. The van der Waals surface area contributed by atoms with Crippen molar-refractivity contribution >= 4 is 17.2 Å². The number of ether oxygens (including phenoxy) is 2. The van der Waals surface area contributed by atoms with E-state index in [1.54, 1.807) is 14.2 Å². The van der Waals surface area contributed by atoms with Gasteiger partial charge >= 0.3 is 0 Å². The van der Waals surface area contributed by atoms with Crippen molar-refractivity contribution in [3.63, 3.8) is 0 Å². The standard InChI is InChI=1S/C27H26N2O3/c1-31-20-11-7-17(8-12-20)19-15-24-26(25(30)16-19)27(18-9-13-21(32-2)14-10-18)29-23-6-4-3-5-22(23)28-24/h3-14,19,27-29H,15-16H2,1-2H3/t19-,27+/m1/s1. The Morgan fingerprint density at radius 1 is 0.750 bits per heavy atom. The van der Waals surface area contributed by atoms with Crippen molar-refractivity contribution in [1.29, 1.82) is 0 Å². The highest BCUT2D eigenvalue weighted by atomic mass is 16.5. The number of benzene rings is 3. The van der Waals surface area contributed by atoms with Crippen LogP contribution in [0.15, 0.2) is 84.1 Å². The Kier molecular flexibility index (Phi) is 5.31. The molecule has 0 unspecified atom stereocenters. The largest absolute Gasteiger partial charge is 0.497 e. The Balaban J connectivity index is 1.56. The van der Waals surface area contributed by atoms with Crippen molar-refractivity contribution in [3.05, 3.63) is 95.2 Å². The Bertz CT molecular complexity index is 1170. The molecule has 0 aromatic heterocycles. The van der Waals surface area contributed by atoms with Crippen LogP contribution in [0.1, 0.15) is 35.9 Å². The van der Waals surface area contributed by atoms with Crippen LogP contribution in [0.4, 0.5) is 11.4 Å². The van der Waals surface area contributed by atoms with Crippen molar-refractivity contribution in [3.8, 4) is 11.5 Å². The molecule has 2 N–H and O–H groups in total. The molecule has 0 saturated carbocycles. The van der Waals surface area contributed by atoms with Crippen LogP contribution in [0.2, 0.25) is 0 Å². The number of hydrogen-bond acceptors (Lipinski definition) is 5. The fourth-order valence-electron chi connectivity index (χ4n) is 4.65. The fourth-order valence-corrected chi connectivity index (χ4v) is 4.65. The topological polar surface area (TPSA) is 59.6 Å². The molecule has 0 bridgehead atoms. The molecule has 2 atom stereocenters. The van der Waals surface area contributed by atoms with Gasteiger partial charge in [0.05, 0.1) is 31.6 Å². The summed E-state index contributed by atoms with van der Waals surface area (Å²) in [6.45, 7) is 0. The Morgan fingerprint density at radius 2 is 1.34 bits per heavy atom. The third-order valence-electron chi connectivity index (χ3n) is 6.35. The summed E-state index contributed by atoms with van der Waals surface area (Å²) in [5.41, 5.74) is 5.96. The number of anilines is 2. The molecule has 1 aliphatic carbocycles. The van der Waals surface area contributed by atoms with Gasteiger partial charge in [-0.15, -0.1) is 0 Å². The number of fused-ring (bicyclic) bond motifs is 1. The number of Topliss-reactive ketones (excluding diaryl/α,β-unsaturated/α-hetero) is 1. The summed E-state index contributed by atoms with van der Waals surface area (Å²) in [7, 11) is 3.32. The quantitative estimate of drug-likeness (QED) is 0.562. The molecule has 32 heavy (non-hydrogen) atoms. The van der Waals surface area contributed by atoms with Gasteiger partial charge in [0.15, 0.2) is 5.78 Å². The number of allylic oxidation sites excluding steroid dienone is 1. The maximum atomic E-state index is 13.6. The van der Waals surface area contributed by atoms with E-state index in [4.69, 9.17) is 9.47 Å². The van der Waals surface area contributed by atoms with Gasteiger partial charge in [-0.25, -0.2) is 0 Å². The molecular weight excluding hydrogens is 400 g/mol. The predicted molar refractivity (Wildman–Crippen MR) is 126 cm³/mol. The SMILES string of the molecule is COc1ccc([C@H]2CC(=O)C3=C(C2)Nc2ccccc2N[C@H]3c2ccc(OC)cc2)cc1. The minimum atomic E-state index is -0.226. The minimum absolute atomic E-state index is 0.126. The van der Waals surface area contributed by atoms with E-state index in [1.165, 1.54) is 0 Å². The third kappa shape index (κ3) is 3.71. The summed E-state index contributed by atoms with van der Waals surface area (Å²) in [6.07, 6.45) is 1.26. The monoisotopic (exact) mass is 426 g/mol. The molecule has 1 heterocycles. The van der Waals surface area contributed by atoms with Crippen LogP contribution < -0.4 is 20.1 Å². The second-order valence-electron chi connectivity index (χ2n) is 8.21. The maximum Gasteiger partial charge on any atom is 0.163 e. The van der Waals surface area contributed by atoms with Crippen LogP contribution in [0.5, 0.6) is 11.5 Å². The summed E-state index contributed by atoms with van der Waals surface area (Å²) >= 11 is 0. The summed E-state index contributed by atoms with van der Waals surface area (Å²) in [5, 5.41) is 7.20. The van der Waals surface area contributed by atoms with Gasteiger partial charge in [0.25, 0.3) is 0 Å². The highest BCUT2D eigenvalue weighted by Crippen LogP contribution is 2.44. The zero-order chi connectivity index (χ0) is 22.1. The number of ketones is 1. The van der Waals surface area contributed by atoms with E-state index in [-0.39, 0.29) is 17.7 Å². The molecule has 0 fully saturated rings. The summed E-state index contributed by atoms with van der Waals surface area (Å²) in [5.74, 6) is 1.91. The van der Waals surface area contributed by atoms with Gasteiger partial charge in [0.2, 0.25) is 0 Å². The molecule has 0 amide bonds. The average molecular weight is 427 g/mol. The van der Waals surface area contributed by atoms with Crippen LogP contribution in [0.25, 0.3) is 0 Å². The van der Waals surface area contributed by atoms with Crippen molar-refractivity contribution < 1.29 is 14.3 Å². The Morgan fingerprint density at radius 3 is 1.97 bits per heavy atom. The van der Waals surface area contributed by atoms with Crippen LogP contribution >= 0.6 is 0 Å². The first kappa shape index (κ1) is 20.2. The van der Waals surface area contributed by atoms with E-state index in [0.717, 1.165) is 51.7 Å². The van der Waals surface area contributed by atoms with E-state index in [9.17, 15) is 4.79 Å². The lowest BCUT2D eigenvalue weighted by Crippen LogP contribution is -2.26. The highest BCUT2D eigenvalue weighted by Gasteiger charge is 2.36. The van der Waals surface area contributed by atoms with Crippen molar-refractivity contribution in [2.24, 2.45) is 0 Å². The number of hydrogen-bond donors (Lipinski definition) is 2. The van der Waals surface area contributed by atoms with Gasteiger partial charge < -0.3 is 20.1 Å². The number of carbonyl (C=O) groups is 1. The number of methoxy groups -OCH3 is 2. The number of nitrogens with one attached hydrogen (secondary N) is 2. The molecule has 0 spiro atoms. The van der Waals surface area contributed by atoms with Gasteiger partial charge in [-0.2, -0.15) is 0 Å². The van der Waals surface area contributed by atoms with Gasteiger partial charge in [-0.05, 0) is 59.9 Å². The first-order valence-electron chi connectivity index (χ1n) is 10.8. The molecule has 0 radical (unpaired) electrons. The molecule has 3 aromatic rings. The number of para-hydroxylation sites is 2. The van der Waals surface area contributed by atoms with Crippen molar-refractivity contribution in [1.82, 2.24) is 0 Å². The first-order chi connectivity index (χ1) is 15.7. The Labute approximate surface area is 188 Å². The lowest BCUT2D eigenvalue weighted by molar-refractivity contribution is -0.116. The zero-order valence-corrected chi connectivity index (χ0v) is 18.2. The van der Waals surface area contributed by atoms with Crippen LogP contribution in [-0.2, 0) is 4.79 Å². The van der Waals surface area contributed by atoms with Crippen LogP contribution in [-0.4, -0.2) is 20.0 Å². The van der Waals surface area contributed by atoms with E-state index in [1.807, 2.05) is 60.7 Å². The first-order valence-corrected chi connectivity index (χ1v) is 10.8. The predicted octanol–water partition coefficient (Wildman–Crippen LogP) is 5.68. The normalized spacial score (nSPS) is 19.8. The van der Waals surface area contributed by atoms with E-state index >= 15 is 0 Å². The van der Waals surface area contributed by atoms with Crippen LogP contribution in [0.3, 0.4) is 0 Å². The average Bonchev–Trinajstić information content (AvgIpc) is 3.01. The molecule has 1 aliphatic heterocycles.